The Hall–Kier alpha value is -2.94. The van der Waals surface area contributed by atoms with Crippen molar-refractivity contribution in [3.8, 4) is 5.69 Å². The summed E-state index contributed by atoms with van der Waals surface area (Å²) in [7, 11) is 0. The molecule has 0 bridgehead atoms. The van der Waals surface area contributed by atoms with Gasteiger partial charge < -0.3 is 0 Å². The van der Waals surface area contributed by atoms with Crippen molar-refractivity contribution in [3.63, 3.8) is 0 Å². The molecule has 3 aromatic carbocycles. The Bertz CT molecular complexity index is 1500. The number of thiazole rings is 1. The second kappa shape index (κ2) is 9.13. The molecule has 166 valence electrons. The summed E-state index contributed by atoms with van der Waals surface area (Å²) in [6, 6.07) is 20.2. The molecule has 9 heteroatoms. The number of halogens is 2. The molecule has 2 aromatic heterocycles. The number of para-hydroxylation sites is 2. The van der Waals surface area contributed by atoms with E-state index in [4.69, 9.17) is 11.6 Å². The van der Waals surface area contributed by atoms with Gasteiger partial charge in [-0.05, 0) is 42.8 Å². The number of nitrogens with zero attached hydrogens (tertiary/aromatic N) is 4. The van der Waals surface area contributed by atoms with Crippen molar-refractivity contribution >= 4 is 44.9 Å². The summed E-state index contributed by atoms with van der Waals surface area (Å²) in [4.78, 5) is 12.7. The maximum Gasteiger partial charge on any atom is 0.308 e. The van der Waals surface area contributed by atoms with Gasteiger partial charge >= 0.3 is 4.87 Å². The molecule has 0 aliphatic heterocycles. The van der Waals surface area contributed by atoms with Crippen LogP contribution in [0.25, 0.3) is 15.9 Å². The van der Waals surface area contributed by atoms with E-state index >= 15 is 0 Å². The fourth-order valence-corrected chi connectivity index (χ4v) is 5.86. The zero-order chi connectivity index (χ0) is 22.9. The largest absolute Gasteiger partial charge is 0.308 e. The molecule has 2 heterocycles. The van der Waals surface area contributed by atoms with Crippen LogP contribution in [-0.4, -0.2) is 19.3 Å². The summed E-state index contributed by atoms with van der Waals surface area (Å²) in [5, 5.41) is 9.80. The highest BCUT2D eigenvalue weighted by Gasteiger charge is 2.19. The maximum atomic E-state index is 14.3. The van der Waals surface area contributed by atoms with Crippen LogP contribution >= 0.6 is 34.7 Å². The van der Waals surface area contributed by atoms with Gasteiger partial charge in [-0.2, -0.15) is 0 Å². The third kappa shape index (κ3) is 4.21. The van der Waals surface area contributed by atoms with Crippen molar-refractivity contribution in [1.29, 1.82) is 0 Å². The normalized spacial score (nSPS) is 11.4. The Morgan fingerprint density at radius 3 is 2.64 bits per heavy atom. The molecule has 0 aliphatic rings. The molecule has 0 aliphatic carbocycles. The predicted octanol–water partition coefficient (Wildman–Crippen LogP) is 6.09. The third-order valence-electron chi connectivity index (χ3n) is 5.34. The number of hydrogen-bond donors (Lipinski definition) is 0. The van der Waals surface area contributed by atoms with Gasteiger partial charge in [-0.1, -0.05) is 71.1 Å². The van der Waals surface area contributed by atoms with Gasteiger partial charge in [0.05, 0.1) is 22.4 Å². The minimum absolute atomic E-state index is 0.0529. The molecule has 5 nitrogen and oxygen atoms in total. The second-order valence-corrected chi connectivity index (χ2v) is 9.77. The van der Waals surface area contributed by atoms with E-state index in [1.54, 1.807) is 16.7 Å². The highest BCUT2D eigenvalue weighted by atomic mass is 35.5. The Morgan fingerprint density at radius 2 is 1.82 bits per heavy atom. The summed E-state index contributed by atoms with van der Waals surface area (Å²) < 4.78 is 18.9. The Balaban J connectivity index is 1.57. The Morgan fingerprint density at radius 1 is 1.03 bits per heavy atom. The van der Waals surface area contributed by atoms with E-state index in [1.165, 1.54) is 29.2 Å². The number of hydrogen-bond acceptors (Lipinski definition) is 5. The van der Waals surface area contributed by atoms with E-state index in [0.717, 1.165) is 21.5 Å². The van der Waals surface area contributed by atoms with Crippen LogP contribution in [0.1, 0.15) is 17.0 Å². The lowest BCUT2D eigenvalue weighted by Crippen LogP contribution is -2.17. The van der Waals surface area contributed by atoms with E-state index in [2.05, 4.69) is 10.2 Å². The van der Waals surface area contributed by atoms with Crippen LogP contribution in [0, 0.1) is 12.7 Å². The quantitative estimate of drug-likeness (QED) is 0.267. The van der Waals surface area contributed by atoms with Crippen molar-refractivity contribution in [3.05, 3.63) is 104 Å². The first kappa shape index (κ1) is 21.9. The summed E-state index contributed by atoms with van der Waals surface area (Å²) >= 11 is 8.78. The fourth-order valence-electron chi connectivity index (χ4n) is 3.66. The van der Waals surface area contributed by atoms with Gasteiger partial charge in [0.25, 0.3) is 0 Å². The maximum absolute atomic E-state index is 14.3. The standard InChI is InChI=1S/C24H18ClFN4OS2/c1-15-7-2-3-10-19(15)30-22(13-29-20-11-4-5-12-21(20)33-24(29)31)27-28-23(30)32-14-16-17(25)8-6-9-18(16)26/h2-12H,13-14H2,1H3. The van der Waals surface area contributed by atoms with Gasteiger partial charge in [0.15, 0.2) is 11.0 Å². The van der Waals surface area contributed by atoms with Crippen LogP contribution in [0.4, 0.5) is 4.39 Å². The van der Waals surface area contributed by atoms with E-state index in [-0.39, 0.29) is 17.2 Å². The molecule has 0 saturated carbocycles. The van der Waals surface area contributed by atoms with Crippen molar-refractivity contribution < 1.29 is 4.39 Å². The SMILES string of the molecule is Cc1ccccc1-n1c(Cn2c(=O)sc3ccccc32)nnc1SCc1c(F)cccc1Cl. The first-order valence-corrected chi connectivity index (χ1v) is 12.4. The second-order valence-electron chi connectivity index (χ2n) is 7.43. The molecule has 5 rings (SSSR count). The number of benzene rings is 3. The average Bonchev–Trinajstić information content (AvgIpc) is 3.34. The molecule has 0 saturated heterocycles. The first-order valence-electron chi connectivity index (χ1n) is 10.2. The Labute approximate surface area is 202 Å². The lowest BCUT2D eigenvalue weighted by atomic mass is 10.2. The van der Waals surface area contributed by atoms with E-state index in [9.17, 15) is 9.18 Å². The summed E-state index contributed by atoms with van der Waals surface area (Å²) in [6.07, 6.45) is 0. The van der Waals surface area contributed by atoms with Crippen LogP contribution in [-0.2, 0) is 12.3 Å². The van der Waals surface area contributed by atoms with Gasteiger partial charge in [0, 0.05) is 16.3 Å². The lowest BCUT2D eigenvalue weighted by Gasteiger charge is -2.13. The zero-order valence-corrected chi connectivity index (χ0v) is 19.9. The molecule has 0 spiro atoms. The van der Waals surface area contributed by atoms with Gasteiger partial charge in [-0.25, -0.2) is 4.39 Å². The minimum atomic E-state index is -0.353. The van der Waals surface area contributed by atoms with Crippen LogP contribution in [0.2, 0.25) is 5.02 Å². The third-order valence-corrected chi connectivity index (χ3v) is 7.61. The fraction of sp³-hybridized carbons (Fsp3) is 0.125. The van der Waals surface area contributed by atoms with Crippen molar-refractivity contribution in [2.24, 2.45) is 0 Å². The van der Waals surface area contributed by atoms with Gasteiger partial charge in [0.2, 0.25) is 0 Å². The van der Waals surface area contributed by atoms with Crippen molar-refractivity contribution in [1.82, 2.24) is 19.3 Å². The molecule has 33 heavy (non-hydrogen) atoms. The molecular formula is C24H18ClFN4OS2. The van der Waals surface area contributed by atoms with Gasteiger partial charge in [-0.15, -0.1) is 10.2 Å². The number of fused-ring (bicyclic) bond motifs is 1. The summed E-state index contributed by atoms with van der Waals surface area (Å²) in [5.41, 5.74) is 3.23. The zero-order valence-electron chi connectivity index (χ0n) is 17.5. The highest BCUT2D eigenvalue weighted by Crippen LogP contribution is 2.31. The first-order chi connectivity index (χ1) is 16.0. The highest BCUT2D eigenvalue weighted by molar-refractivity contribution is 7.98. The molecule has 5 aromatic rings. The lowest BCUT2D eigenvalue weighted by molar-refractivity contribution is 0.617. The van der Waals surface area contributed by atoms with Crippen LogP contribution in [0.3, 0.4) is 0 Å². The summed E-state index contributed by atoms with van der Waals surface area (Å²) in [5.74, 6) is 0.571. The molecule has 0 amide bonds. The van der Waals surface area contributed by atoms with E-state index in [0.29, 0.717) is 27.3 Å². The van der Waals surface area contributed by atoms with Crippen LogP contribution in [0.5, 0.6) is 0 Å². The van der Waals surface area contributed by atoms with E-state index in [1.807, 2.05) is 60.0 Å². The minimum Gasteiger partial charge on any atom is -0.291 e. The predicted molar refractivity (Wildman–Crippen MR) is 132 cm³/mol. The molecule has 0 fully saturated rings. The van der Waals surface area contributed by atoms with Gasteiger partial charge in [-0.3, -0.25) is 13.9 Å². The average molecular weight is 497 g/mol. The number of aryl methyl sites for hydroxylation is 1. The molecular weight excluding hydrogens is 479 g/mol. The van der Waals surface area contributed by atoms with Crippen molar-refractivity contribution in [2.45, 2.75) is 24.4 Å². The molecule has 0 N–H and O–H groups in total. The topological polar surface area (TPSA) is 52.7 Å². The van der Waals surface area contributed by atoms with Crippen LogP contribution in [0.15, 0.2) is 76.7 Å². The smallest absolute Gasteiger partial charge is 0.291 e. The van der Waals surface area contributed by atoms with Gasteiger partial charge in [0.1, 0.15) is 5.82 Å². The number of thioether (sulfide) groups is 1. The monoisotopic (exact) mass is 496 g/mol. The van der Waals surface area contributed by atoms with Crippen LogP contribution < -0.4 is 4.87 Å². The summed E-state index contributed by atoms with van der Waals surface area (Å²) in [6.45, 7) is 2.28. The molecule has 0 radical (unpaired) electrons. The molecule has 0 atom stereocenters. The Kier molecular flexibility index (Phi) is 6.05. The number of aromatic nitrogens is 4. The van der Waals surface area contributed by atoms with E-state index < -0.39 is 0 Å². The number of rotatable bonds is 6. The van der Waals surface area contributed by atoms with Crippen molar-refractivity contribution in [2.75, 3.05) is 0 Å². The molecule has 0 unspecified atom stereocenters.